The number of aromatic amines is 1. The van der Waals surface area contributed by atoms with Crippen LogP contribution in [-0.4, -0.2) is 21.6 Å². The molecule has 0 aliphatic rings. The van der Waals surface area contributed by atoms with E-state index in [9.17, 15) is 9.90 Å². The predicted molar refractivity (Wildman–Crippen MR) is 95.8 cm³/mol. The van der Waals surface area contributed by atoms with Crippen molar-refractivity contribution in [2.24, 2.45) is 5.73 Å². The number of aromatic nitrogens is 1. The summed E-state index contributed by atoms with van der Waals surface area (Å²) < 4.78 is 0. The minimum atomic E-state index is -0.979. The molecule has 0 atom stereocenters. The monoisotopic (exact) mass is 318 g/mol. The van der Waals surface area contributed by atoms with E-state index in [1.54, 1.807) is 12.1 Å². The summed E-state index contributed by atoms with van der Waals surface area (Å²) in [5.74, 6) is 5.03. The van der Waals surface area contributed by atoms with Crippen LogP contribution in [0, 0.1) is 11.8 Å². The molecule has 2 aromatic carbocycles. The fourth-order valence-electron chi connectivity index (χ4n) is 2.58. The minimum Gasteiger partial charge on any atom is -0.478 e. The Bertz CT molecular complexity index is 982. The van der Waals surface area contributed by atoms with Crippen molar-refractivity contribution in [2.75, 3.05) is 0 Å². The number of fused-ring (bicyclic) bond motifs is 1. The summed E-state index contributed by atoms with van der Waals surface area (Å²) >= 11 is 0. The van der Waals surface area contributed by atoms with Crippen molar-refractivity contribution in [1.82, 2.24) is 4.98 Å². The first-order chi connectivity index (χ1) is 11.3. The Morgan fingerprint density at radius 2 is 2.00 bits per heavy atom. The van der Waals surface area contributed by atoms with Crippen molar-refractivity contribution in [1.29, 1.82) is 0 Å². The molecular formula is C20H18N2O2. The van der Waals surface area contributed by atoms with Gasteiger partial charge in [-0.15, -0.1) is 0 Å². The standard InChI is InChI=1S/C20H18N2O2/c1-20(2,21)10-8-14-4-3-5-16(19(23)24)18(14)15-7-6-13-9-11-22-17(13)12-15/h3-7,9,11-12,22H,21H2,1-2H3,(H,23,24). The number of hydrogen-bond acceptors (Lipinski definition) is 2. The molecule has 4 nitrogen and oxygen atoms in total. The number of aromatic carboxylic acids is 1. The van der Waals surface area contributed by atoms with Gasteiger partial charge in [0.05, 0.1) is 11.1 Å². The molecular weight excluding hydrogens is 300 g/mol. The predicted octanol–water partition coefficient (Wildman–Crippen LogP) is 3.62. The van der Waals surface area contributed by atoms with Crippen LogP contribution >= 0.6 is 0 Å². The van der Waals surface area contributed by atoms with Gasteiger partial charge in [0.25, 0.3) is 0 Å². The normalized spacial score (nSPS) is 11.1. The second-order valence-corrected chi connectivity index (χ2v) is 6.28. The Hall–Kier alpha value is -3.03. The molecule has 3 aromatic rings. The van der Waals surface area contributed by atoms with Gasteiger partial charge in [-0.3, -0.25) is 0 Å². The number of carboxylic acid groups (broad SMARTS) is 1. The van der Waals surface area contributed by atoms with Gasteiger partial charge >= 0.3 is 5.97 Å². The summed E-state index contributed by atoms with van der Waals surface area (Å²) in [6, 6.07) is 12.9. The number of H-pyrrole nitrogens is 1. The van der Waals surface area contributed by atoms with Crippen LogP contribution in [0.25, 0.3) is 22.0 Å². The van der Waals surface area contributed by atoms with E-state index in [0.717, 1.165) is 16.5 Å². The number of carbonyl (C=O) groups is 1. The van der Waals surface area contributed by atoms with E-state index in [0.29, 0.717) is 11.1 Å². The summed E-state index contributed by atoms with van der Waals surface area (Å²) in [6.45, 7) is 3.62. The van der Waals surface area contributed by atoms with Crippen molar-refractivity contribution in [3.8, 4) is 23.0 Å². The van der Waals surface area contributed by atoms with Crippen LogP contribution in [-0.2, 0) is 0 Å². The molecule has 0 amide bonds. The summed E-state index contributed by atoms with van der Waals surface area (Å²) in [5, 5.41) is 10.6. The van der Waals surface area contributed by atoms with Crippen molar-refractivity contribution >= 4 is 16.9 Å². The lowest BCUT2D eigenvalue weighted by atomic mass is 9.93. The summed E-state index contributed by atoms with van der Waals surface area (Å²) in [5.41, 5.74) is 8.53. The number of rotatable bonds is 2. The Morgan fingerprint density at radius 1 is 1.21 bits per heavy atom. The molecule has 0 saturated carbocycles. The molecule has 0 fully saturated rings. The van der Waals surface area contributed by atoms with E-state index in [4.69, 9.17) is 5.73 Å². The van der Waals surface area contributed by atoms with E-state index >= 15 is 0 Å². The topological polar surface area (TPSA) is 79.1 Å². The number of nitrogens with two attached hydrogens (primary N) is 1. The minimum absolute atomic E-state index is 0.225. The maximum Gasteiger partial charge on any atom is 0.336 e. The van der Waals surface area contributed by atoms with Crippen LogP contribution in [0.2, 0.25) is 0 Å². The number of nitrogens with one attached hydrogen (secondary N) is 1. The lowest BCUT2D eigenvalue weighted by Gasteiger charge is -2.11. The highest BCUT2D eigenvalue weighted by atomic mass is 16.4. The number of benzene rings is 2. The van der Waals surface area contributed by atoms with Gasteiger partial charge in [0.15, 0.2) is 0 Å². The molecule has 0 spiro atoms. The van der Waals surface area contributed by atoms with E-state index in [1.807, 2.05) is 50.4 Å². The van der Waals surface area contributed by atoms with E-state index in [-0.39, 0.29) is 5.56 Å². The van der Waals surface area contributed by atoms with Gasteiger partial charge in [0.1, 0.15) is 0 Å². The Balaban J connectivity index is 2.26. The SMILES string of the molecule is CC(C)(N)C#Cc1cccc(C(=O)O)c1-c1ccc2cc[nH]c2c1. The summed E-state index contributed by atoms with van der Waals surface area (Å²) in [7, 11) is 0. The van der Waals surface area contributed by atoms with Crippen LogP contribution in [0.3, 0.4) is 0 Å². The maximum atomic E-state index is 11.7. The largest absolute Gasteiger partial charge is 0.478 e. The molecule has 0 aliphatic heterocycles. The zero-order valence-corrected chi connectivity index (χ0v) is 13.6. The molecule has 0 unspecified atom stereocenters. The first-order valence-electron chi connectivity index (χ1n) is 7.61. The molecule has 0 bridgehead atoms. The molecule has 120 valence electrons. The van der Waals surface area contributed by atoms with Gasteiger partial charge in [-0.25, -0.2) is 4.79 Å². The van der Waals surface area contributed by atoms with E-state index in [2.05, 4.69) is 16.8 Å². The molecule has 0 saturated heterocycles. The van der Waals surface area contributed by atoms with E-state index in [1.165, 1.54) is 0 Å². The molecule has 1 aromatic heterocycles. The van der Waals surface area contributed by atoms with Crippen LogP contribution < -0.4 is 5.73 Å². The molecule has 4 heteroatoms. The van der Waals surface area contributed by atoms with Gasteiger partial charge in [-0.2, -0.15) is 0 Å². The average Bonchev–Trinajstić information content (AvgIpc) is 2.99. The number of carboxylic acids is 1. The third kappa shape index (κ3) is 3.17. The van der Waals surface area contributed by atoms with Crippen LogP contribution in [0.1, 0.15) is 29.8 Å². The molecule has 24 heavy (non-hydrogen) atoms. The number of hydrogen-bond donors (Lipinski definition) is 3. The quantitative estimate of drug-likeness (QED) is 0.631. The summed E-state index contributed by atoms with van der Waals surface area (Å²) in [6.07, 6.45) is 1.86. The lowest BCUT2D eigenvalue weighted by molar-refractivity contribution is 0.0697. The van der Waals surface area contributed by atoms with Crippen molar-refractivity contribution in [3.63, 3.8) is 0 Å². The maximum absolute atomic E-state index is 11.7. The second kappa shape index (κ2) is 5.88. The molecule has 0 radical (unpaired) electrons. The Labute approximate surface area is 140 Å². The second-order valence-electron chi connectivity index (χ2n) is 6.28. The third-order valence-electron chi connectivity index (χ3n) is 3.66. The van der Waals surface area contributed by atoms with Crippen molar-refractivity contribution < 1.29 is 9.90 Å². The lowest BCUT2D eigenvalue weighted by Crippen LogP contribution is -2.29. The van der Waals surface area contributed by atoms with Gasteiger partial charge < -0.3 is 15.8 Å². The van der Waals surface area contributed by atoms with Gasteiger partial charge in [0, 0.05) is 22.8 Å². The molecule has 0 aliphatic carbocycles. The highest BCUT2D eigenvalue weighted by Crippen LogP contribution is 2.30. The fraction of sp³-hybridized carbons (Fsp3) is 0.150. The first kappa shape index (κ1) is 15.9. The summed E-state index contributed by atoms with van der Waals surface area (Å²) in [4.78, 5) is 14.8. The third-order valence-corrected chi connectivity index (χ3v) is 3.66. The fourth-order valence-corrected chi connectivity index (χ4v) is 2.58. The average molecular weight is 318 g/mol. The van der Waals surface area contributed by atoms with Gasteiger partial charge in [-0.05, 0) is 49.1 Å². The van der Waals surface area contributed by atoms with Gasteiger partial charge in [-0.1, -0.05) is 30.0 Å². The first-order valence-corrected chi connectivity index (χ1v) is 7.61. The van der Waals surface area contributed by atoms with Crippen LogP contribution in [0.15, 0.2) is 48.7 Å². The van der Waals surface area contributed by atoms with Gasteiger partial charge in [0.2, 0.25) is 0 Å². The highest BCUT2D eigenvalue weighted by Gasteiger charge is 2.16. The Kier molecular flexibility index (Phi) is 3.88. The van der Waals surface area contributed by atoms with E-state index < -0.39 is 11.5 Å². The highest BCUT2D eigenvalue weighted by molar-refractivity contribution is 5.99. The van der Waals surface area contributed by atoms with Crippen molar-refractivity contribution in [3.05, 3.63) is 59.8 Å². The van der Waals surface area contributed by atoms with Crippen LogP contribution in [0.4, 0.5) is 0 Å². The molecule has 1 heterocycles. The Morgan fingerprint density at radius 3 is 2.71 bits per heavy atom. The van der Waals surface area contributed by atoms with Crippen molar-refractivity contribution in [2.45, 2.75) is 19.4 Å². The molecule has 4 N–H and O–H groups in total. The molecule has 3 rings (SSSR count). The zero-order chi connectivity index (χ0) is 17.3. The zero-order valence-electron chi connectivity index (χ0n) is 13.6. The van der Waals surface area contributed by atoms with Crippen LogP contribution in [0.5, 0.6) is 0 Å². The smallest absolute Gasteiger partial charge is 0.336 e.